The lowest BCUT2D eigenvalue weighted by atomic mass is 9.52. The van der Waals surface area contributed by atoms with Crippen molar-refractivity contribution >= 4 is 17.7 Å². The van der Waals surface area contributed by atoms with Crippen LogP contribution in [0.15, 0.2) is 16.8 Å². The maximum atomic E-state index is 13.1. The number of carbonyl (C=O) groups excluding carboxylic acids is 1. The van der Waals surface area contributed by atoms with Crippen molar-refractivity contribution < 1.29 is 14.4 Å². The van der Waals surface area contributed by atoms with Gasteiger partial charge in [0.15, 0.2) is 0 Å². The third kappa shape index (κ3) is 3.58. The smallest absolute Gasteiger partial charge is 0.295 e. The molecule has 1 amide bonds. The molecule has 2 aromatic rings. The predicted octanol–water partition coefficient (Wildman–Crippen LogP) is 2.83. The van der Waals surface area contributed by atoms with E-state index in [1.165, 1.54) is 12.8 Å². The van der Waals surface area contributed by atoms with Crippen LogP contribution in [0.25, 0.3) is 17.5 Å². The lowest BCUT2D eigenvalue weighted by Gasteiger charge is -2.58. The summed E-state index contributed by atoms with van der Waals surface area (Å²) in [4.78, 5) is 26.3. The van der Waals surface area contributed by atoms with Gasteiger partial charge in [0, 0.05) is 43.4 Å². The maximum absolute atomic E-state index is 13.1. The normalized spacial score (nSPS) is 34.1. The topological polar surface area (TPSA) is 108 Å². The molecule has 36 heavy (non-hydrogen) atoms. The van der Waals surface area contributed by atoms with Crippen LogP contribution < -0.4 is 5.32 Å². The molecule has 6 aliphatic rings. The number of rotatable bonds is 5. The number of likely N-dealkylation sites (N-methyl/N-ethyl adjacent to an activating group) is 1. The van der Waals surface area contributed by atoms with E-state index in [0.29, 0.717) is 48.8 Å². The van der Waals surface area contributed by atoms with Crippen LogP contribution >= 0.6 is 0 Å². The number of hydrogen-bond acceptors (Lipinski definition) is 8. The highest BCUT2D eigenvalue weighted by molar-refractivity contribution is 5.91. The number of likely N-dealkylation sites (tertiary alicyclic amines) is 1. The first-order valence-electron chi connectivity index (χ1n) is 13.3. The van der Waals surface area contributed by atoms with Crippen molar-refractivity contribution in [2.24, 2.45) is 17.8 Å². The van der Waals surface area contributed by atoms with Crippen LogP contribution in [0.4, 0.5) is 5.69 Å². The first-order valence-corrected chi connectivity index (χ1v) is 13.3. The van der Waals surface area contributed by atoms with Gasteiger partial charge in [-0.1, -0.05) is 17.3 Å². The van der Waals surface area contributed by atoms with E-state index in [0.717, 1.165) is 54.6 Å². The number of hydrogen-bond donors (Lipinski definition) is 2. The molecule has 3 heterocycles. The highest BCUT2D eigenvalue weighted by Crippen LogP contribution is 2.56. The maximum Gasteiger partial charge on any atom is 0.295 e. The molecule has 5 fully saturated rings. The summed E-state index contributed by atoms with van der Waals surface area (Å²) in [5.41, 5.74) is 3.34. The van der Waals surface area contributed by atoms with E-state index in [2.05, 4.69) is 37.5 Å². The van der Waals surface area contributed by atoms with E-state index in [1.54, 1.807) is 11.1 Å². The van der Waals surface area contributed by atoms with Gasteiger partial charge < -0.3 is 24.7 Å². The van der Waals surface area contributed by atoms with Crippen molar-refractivity contribution in [3.05, 3.63) is 29.4 Å². The molecule has 0 aromatic carbocycles. The first-order chi connectivity index (χ1) is 17.4. The monoisotopic (exact) mass is 490 g/mol. The van der Waals surface area contributed by atoms with Gasteiger partial charge in [0.05, 0.1) is 22.5 Å². The molecule has 3 unspecified atom stereocenters. The number of pyridine rings is 1. The van der Waals surface area contributed by atoms with E-state index in [9.17, 15) is 9.90 Å². The molecule has 2 N–H and O–H groups in total. The molecule has 0 radical (unpaired) electrons. The zero-order chi connectivity index (χ0) is 24.6. The molecule has 1 saturated heterocycles. The van der Waals surface area contributed by atoms with Gasteiger partial charge >= 0.3 is 0 Å². The van der Waals surface area contributed by atoms with Gasteiger partial charge in [0.2, 0.25) is 0 Å². The molecule has 9 nitrogen and oxygen atoms in total. The number of aromatic nitrogens is 3. The zero-order valence-electron chi connectivity index (χ0n) is 21.0. The molecule has 5 aliphatic carbocycles. The Morgan fingerprint density at radius 1 is 1.25 bits per heavy atom. The second-order valence-corrected chi connectivity index (χ2v) is 12.0. The summed E-state index contributed by atoms with van der Waals surface area (Å²) in [6.45, 7) is 1.37. The van der Waals surface area contributed by atoms with Gasteiger partial charge in [0.1, 0.15) is 0 Å². The fourth-order valence-electron chi connectivity index (χ4n) is 7.81. The summed E-state index contributed by atoms with van der Waals surface area (Å²) in [5.74, 6) is 1.80. The van der Waals surface area contributed by atoms with Gasteiger partial charge in [-0.2, -0.15) is 4.98 Å². The standard InChI is InChI=1S/C27H34N6O3/c1-32(2)18-6-7-33(14-18)26(34)24-30-25(36-31-24)20-13-28-21-5-3-4-19(21)23(20)29-22-16-8-15-9-17(22)12-27(35,10-15)11-16/h3-4,13,15-18,22,35H,5-12,14H2,1-2H3,(H,28,29)/t15?,16-,17+,18-,22?,27?/m0/s1. The molecule has 6 atom stereocenters. The molecular formula is C27H34N6O3. The number of aliphatic hydroxyl groups is 1. The van der Waals surface area contributed by atoms with Crippen LogP contribution in [-0.4, -0.2) is 80.8 Å². The van der Waals surface area contributed by atoms with Crippen molar-refractivity contribution in [2.75, 3.05) is 32.5 Å². The Morgan fingerprint density at radius 2 is 2.06 bits per heavy atom. The Hall–Kier alpha value is -2.78. The number of anilines is 1. The second kappa shape index (κ2) is 8.11. The molecule has 190 valence electrons. The Kier molecular flexibility index (Phi) is 5.05. The van der Waals surface area contributed by atoms with Crippen molar-refractivity contribution in [2.45, 2.75) is 62.6 Å². The summed E-state index contributed by atoms with van der Waals surface area (Å²) in [7, 11) is 4.08. The van der Waals surface area contributed by atoms with Crippen molar-refractivity contribution in [3.63, 3.8) is 0 Å². The van der Waals surface area contributed by atoms with E-state index >= 15 is 0 Å². The molecule has 0 spiro atoms. The Bertz CT molecular complexity index is 1220. The van der Waals surface area contributed by atoms with Gasteiger partial charge in [0.25, 0.3) is 17.6 Å². The highest BCUT2D eigenvalue weighted by atomic mass is 16.5. The third-order valence-corrected chi connectivity index (χ3v) is 9.38. The predicted molar refractivity (Wildman–Crippen MR) is 134 cm³/mol. The number of fused-ring (bicyclic) bond motifs is 1. The fraction of sp³-hybridized carbons (Fsp3) is 0.630. The SMILES string of the molecule is CN(C)[C@H]1CCN(C(=O)c2noc(-c3cnc4c(c3NC3[C@@H]5CC6C[C@H]3CC(O)(C6)C5)C=CC4)n2)C1. The van der Waals surface area contributed by atoms with Crippen molar-refractivity contribution in [3.8, 4) is 11.5 Å². The highest BCUT2D eigenvalue weighted by Gasteiger charge is 2.55. The minimum Gasteiger partial charge on any atom is -0.390 e. The van der Waals surface area contributed by atoms with Crippen molar-refractivity contribution in [1.29, 1.82) is 0 Å². The largest absolute Gasteiger partial charge is 0.390 e. The third-order valence-electron chi connectivity index (χ3n) is 9.38. The van der Waals surface area contributed by atoms with E-state index in [1.807, 2.05) is 14.1 Å². The quantitative estimate of drug-likeness (QED) is 0.659. The van der Waals surface area contributed by atoms with Crippen LogP contribution in [0.5, 0.6) is 0 Å². The van der Waals surface area contributed by atoms with Crippen molar-refractivity contribution in [1.82, 2.24) is 24.9 Å². The number of allylic oxidation sites excluding steroid dienone is 1. The fourth-order valence-corrected chi connectivity index (χ4v) is 7.81. The van der Waals surface area contributed by atoms with E-state index in [4.69, 9.17) is 4.52 Å². The lowest BCUT2D eigenvalue weighted by molar-refractivity contribution is -0.129. The average molecular weight is 491 g/mol. The van der Waals surface area contributed by atoms with Gasteiger partial charge in [-0.3, -0.25) is 9.78 Å². The van der Waals surface area contributed by atoms with Crippen LogP contribution in [-0.2, 0) is 6.42 Å². The minimum absolute atomic E-state index is 0.100. The minimum atomic E-state index is -0.472. The molecule has 8 rings (SSSR count). The van der Waals surface area contributed by atoms with Crippen LogP contribution in [0.2, 0.25) is 0 Å². The van der Waals surface area contributed by atoms with Crippen LogP contribution in [0, 0.1) is 17.8 Å². The molecule has 2 aromatic heterocycles. The Balaban J connectivity index is 1.18. The second-order valence-electron chi connectivity index (χ2n) is 12.0. The Morgan fingerprint density at radius 3 is 2.78 bits per heavy atom. The van der Waals surface area contributed by atoms with E-state index in [-0.39, 0.29) is 11.7 Å². The Labute approximate surface area is 210 Å². The number of nitrogens with one attached hydrogen (secondary N) is 1. The number of amides is 1. The summed E-state index contributed by atoms with van der Waals surface area (Å²) >= 11 is 0. The van der Waals surface area contributed by atoms with Gasteiger partial charge in [-0.05, 0) is 70.4 Å². The molecule has 4 bridgehead atoms. The first kappa shape index (κ1) is 22.4. The molecule has 1 aliphatic heterocycles. The summed E-state index contributed by atoms with van der Waals surface area (Å²) in [6.07, 6.45) is 12.9. The van der Waals surface area contributed by atoms with Gasteiger partial charge in [-0.25, -0.2) is 0 Å². The van der Waals surface area contributed by atoms with Crippen LogP contribution in [0.3, 0.4) is 0 Å². The van der Waals surface area contributed by atoms with E-state index < -0.39 is 5.60 Å². The molecular weight excluding hydrogens is 456 g/mol. The average Bonchev–Trinajstić information content (AvgIpc) is 3.60. The summed E-state index contributed by atoms with van der Waals surface area (Å²) < 4.78 is 5.67. The number of carbonyl (C=O) groups is 1. The zero-order valence-corrected chi connectivity index (χ0v) is 21.0. The molecule has 9 heteroatoms. The lowest BCUT2D eigenvalue weighted by Crippen LogP contribution is -2.59. The van der Waals surface area contributed by atoms with Crippen LogP contribution in [0.1, 0.15) is 60.4 Å². The molecule has 4 saturated carbocycles. The summed E-state index contributed by atoms with van der Waals surface area (Å²) in [5, 5.41) is 19.0. The summed E-state index contributed by atoms with van der Waals surface area (Å²) in [6, 6.07) is 0.653. The number of nitrogens with zero attached hydrogens (tertiary/aromatic N) is 5. The van der Waals surface area contributed by atoms with Gasteiger partial charge in [-0.15, -0.1) is 0 Å².